The van der Waals surface area contributed by atoms with E-state index in [1.54, 1.807) is 0 Å². The zero-order valence-electron chi connectivity index (χ0n) is 15.2. The van der Waals surface area contributed by atoms with Gasteiger partial charge in [0.25, 0.3) is 0 Å². The fourth-order valence-electron chi connectivity index (χ4n) is 3.34. The second-order valence-corrected chi connectivity index (χ2v) is 7.03. The van der Waals surface area contributed by atoms with Gasteiger partial charge in [-0.3, -0.25) is 14.9 Å². The molecule has 3 heterocycles. The molecule has 10 heteroatoms. The lowest BCUT2D eigenvalue weighted by molar-refractivity contribution is -0.385. The summed E-state index contributed by atoms with van der Waals surface area (Å²) in [5, 5.41) is 30.2. The van der Waals surface area contributed by atoms with Crippen LogP contribution in [0.25, 0.3) is 0 Å². The number of fused-ring (bicyclic) bond motifs is 2. The number of benzene rings is 1. The van der Waals surface area contributed by atoms with E-state index in [9.17, 15) is 14.9 Å². The van der Waals surface area contributed by atoms with E-state index in [2.05, 4.69) is 10.4 Å². The molecule has 1 aromatic rings. The van der Waals surface area contributed by atoms with Crippen LogP contribution < -0.4 is 10.2 Å². The number of nitrogens with one attached hydrogen (secondary N) is 1. The van der Waals surface area contributed by atoms with Crippen LogP contribution in [0.2, 0.25) is 0 Å². The predicted octanol–water partition coefficient (Wildman–Crippen LogP) is 1.30. The number of nitrogens with zero attached hydrogens (tertiary/aromatic N) is 3. The highest BCUT2D eigenvalue weighted by atomic mass is 16.6. The Bertz CT molecular complexity index is 764. The summed E-state index contributed by atoms with van der Waals surface area (Å²) in [4.78, 5) is 20.9. The van der Waals surface area contributed by atoms with Crippen molar-refractivity contribution >= 4 is 11.7 Å². The van der Waals surface area contributed by atoms with Gasteiger partial charge in [0.1, 0.15) is 18.8 Å². The average molecular weight is 390 g/mol. The van der Waals surface area contributed by atoms with Crippen LogP contribution in [0.4, 0.5) is 5.69 Å². The van der Waals surface area contributed by atoms with Crippen LogP contribution in [0.1, 0.15) is 24.8 Å². The molecule has 0 spiro atoms. The second-order valence-electron chi connectivity index (χ2n) is 7.03. The Kier molecular flexibility index (Phi) is 6.41. The number of ether oxygens (including phenoxy) is 2. The molecule has 0 aromatic heterocycles. The van der Waals surface area contributed by atoms with Crippen LogP contribution in [0.15, 0.2) is 18.2 Å². The van der Waals surface area contributed by atoms with Crippen molar-refractivity contribution in [3.05, 3.63) is 33.9 Å². The van der Waals surface area contributed by atoms with E-state index in [1.165, 1.54) is 31.0 Å². The minimum atomic E-state index is -0.716. The first-order valence-electron chi connectivity index (χ1n) is 9.13. The fourth-order valence-corrected chi connectivity index (χ4v) is 3.34. The first-order valence-corrected chi connectivity index (χ1v) is 9.13. The lowest BCUT2D eigenvalue weighted by Crippen LogP contribution is -2.57. The summed E-state index contributed by atoms with van der Waals surface area (Å²) < 4.78 is 10.2. The van der Waals surface area contributed by atoms with Gasteiger partial charge in [-0.2, -0.15) is 5.26 Å². The van der Waals surface area contributed by atoms with Crippen LogP contribution in [-0.4, -0.2) is 59.5 Å². The molecule has 4 unspecified atom stereocenters. The highest BCUT2D eigenvalue weighted by molar-refractivity contribution is 5.73. The molecule has 0 saturated carbocycles. The molecule has 0 aliphatic carbocycles. The van der Waals surface area contributed by atoms with Crippen molar-refractivity contribution in [1.82, 2.24) is 10.4 Å². The summed E-state index contributed by atoms with van der Waals surface area (Å²) in [6.45, 7) is 2.96. The summed E-state index contributed by atoms with van der Waals surface area (Å²) in [5.41, 5.74) is 3.06. The van der Waals surface area contributed by atoms with Gasteiger partial charge in [0, 0.05) is 19.2 Å². The number of carbonyl (C=O) groups is 1. The molecule has 3 aliphatic rings. The normalized spacial score (nSPS) is 27.5. The quantitative estimate of drug-likeness (QED) is 0.432. The number of hydrogen-bond acceptors (Lipinski definition) is 8. The van der Waals surface area contributed by atoms with Crippen LogP contribution in [0, 0.1) is 27.4 Å². The maximum Gasteiger partial charge on any atom is 0.322 e. The molecule has 0 radical (unpaired) electrons. The van der Waals surface area contributed by atoms with Gasteiger partial charge < -0.3 is 14.6 Å². The molecular weight excluding hydrogens is 368 g/mol. The zero-order valence-corrected chi connectivity index (χ0v) is 15.2. The van der Waals surface area contributed by atoms with Crippen molar-refractivity contribution in [2.24, 2.45) is 5.92 Å². The monoisotopic (exact) mass is 390 g/mol. The van der Waals surface area contributed by atoms with Crippen molar-refractivity contribution in [1.29, 1.82) is 5.26 Å². The Labute approximate surface area is 161 Å². The van der Waals surface area contributed by atoms with Crippen LogP contribution >= 0.6 is 0 Å². The summed E-state index contributed by atoms with van der Waals surface area (Å²) in [6, 6.07) is 5.61. The Morgan fingerprint density at radius 1 is 1.54 bits per heavy atom. The smallest absolute Gasteiger partial charge is 0.322 e. The molecule has 2 bridgehead atoms. The number of rotatable bonds is 5. The minimum absolute atomic E-state index is 0.0373. The van der Waals surface area contributed by atoms with E-state index < -0.39 is 10.9 Å². The largest absolute Gasteiger partial charge is 0.484 e. The van der Waals surface area contributed by atoms with Gasteiger partial charge in [-0.15, -0.1) is 0 Å². The SMILES string of the molecule is N#Cc1ccc(OCC2CO2)c([N+](=O)[O-])c1.O=C(O)C1CC2CCCN(C2)N1. The van der Waals surface area contributed by atoms with E-state index >= 15 is 0 Å². The van der Waals surface area contributed by atoms with Crippen LogP contribution in [-0.2, 0) is 9.53 Å². The van der Waals surface area contributed by atoms with Crippen LogP contribution in [0.5, 0.6) is 5.75 Å². The lowest BCUT2D eigenvalue weighted by Gasteiger charge is -2.40. The van der Waals surface area contributed by atoms with Gasteiger partial charge in [-0.25, -0.2) is 10.4 Å². The molecule has 3 fully saturated rings. The second kappa shape index (κ2) is 8.97. The highest BCUT2D eigenvalue weighted by Crippen LogP contribution is 2.28. The Morgan fingerprint density at radius 3 is 2.93 bits per heavy atom. The van der Waals surface area contributed by atoms with E-state index in [4.69, 9.17) is 19.8 Å². The zero-order chi connectivity index (χ0) is 20.1. The topological polar surface area (TPSA) is 141 Å². The van der Waals surface area contributed by atoms with Crippen molar-refractivity contribution in [3.63, 3.8) is 0 Å². The number of carboxylic acid groups (broad SMARTS) is 1. The van der Waals surface area contributed by atoms with Gasteiger partial charge in [0.15, 0.2) is 5.75 Å². The Hall–Kier alpha value is -2.74. The third-order valence-electron chi connectivity index (χ3n) is 4.84. The molecule has 1 aromatic carbocycles. The Balaban J connectivity index is 0.000000167. The lowest BCUT2D eigenvalue weighted by atomic mass is 9.90. The molecule has 150 valence electrons. The predicted molar refractivity (Wildman–Crippen MR) is 96.5 cm³/mol. The van der Waals surface area contributed by atoms with Crippen molar-refractivity contribution in [2.75, 3.05) is 26.3 Å². The number of nitro benzene ring substituents is 1. The van der Waals surface area contributed by atoms with Crippen molar-refractivity contribution in [3.8, 4) is 11.8 Å². The van der Waals surface area contributed by atoms with Gasteiger partial charge in [0.2, 0.25) is 0 Å². The number of carboxylic acids is 1. The third kappa shape index (κ3) is 5.39. The van der Waals surface area contributed by atoms with E-state index in [1.807, 2.05) is 6.07 Å². The molecule has 4 atom stereocenters. The van der Waals surface area contributed by atoms with E-state index in [-0.39, 0.29) is 29.1 Å². The molecule has 2 N–H and O–H groups in total. The number of nitriles is 1. The van der Waals surface area contributed by atoms with Gasteiger partial charge in [0.05, 0.1) is 23.2 Å². The van der Waals surface area contributed by atoms with E-state index in [0.717, 1.165) is 19.5 Å². The van der Waals surface area contributed by atoms with Crippen molar-refractivity contribution < 1.29 is 24.3 Å². The first-order chi connectivity index (χ1) is 13.5. The molecule has 4 rings (SSSR count). The third-order valence-corrected chi connectivity index (χ3v) is 4.84. The highest BCUT2D eigenvalue weighted by Gasteiger charge is 2.33. The van der Waals surface area contributed by atoms with E-state index in [0.29, 0.717) is 19.1 Å². The first kappa shape index (κ1) is 20.0. The number of hydrazine groups is 1. The van der Waals surface area contributed by atoms with Crippen LogP contribution in [0.3, 0.4) is 0 Å². The maximum absolute atomic E-state index is 10.7. The molecule has 28 heavy (non-hydrogen) atoms. The molecule has 10 nitrogen and oxygen atoms in total. The fraction of sp³-hybridized carbons (Fsp3) is 0.556. The average Bonchev–Trinajstić information content (AvgIpc) is 3.50. The van der Waals surface area contributed by atoms with Gasteiger partial charge in [-0.05, 0) is 37.3 Å². The van der Waals surface area contributed by atoms with Gasteiger partial charge in [-0.1, -0.05) is 0 Å². The minimum Gasteiger partial charge on any atom is -0.484 e. The summed E-state index contributed by atoms with van der Waals surface area (Å²) >= 11 is 0. The summed E-state index contributed by atoms with van der Waals surface area (Å²) in [7, 11) is 0. The summed E-state index contributed by atoms with van der Waals surface area (Å²) in [5.74, 6) is 0.0483. The van der Waals surface area contributed by atoms with Crippen molar-refractivity contribution in [2.45, 2.75) is 31.4 Å². The Morgan fingerprint density at radius 2 is 2.32 bits per heavy atom. The number of aliphatic carboxylic acids is 1. The number of nitro groups is 1. The molecule has 3 saturated heterocycles. The molecular formula is C18H22N4O6. The number of epoxide rings is 1. The van der Waals surface area contributed by atoms with Gasteiger partial charge >= 0.3 is 11.7 Å². The summed E-state index contributed by atoms with van der Waals surface area (Å²) in [6.07, 6.45) is 3.23. The standard InChI is InChI=1S/C10H8N2O4.C8H14N2O2/c11-4-7-1-2-10(9(3-7)12(13)14)16-6-8-5-15-8;11-8(12)7-4-6-2-1-3-10(5-6)9-7/h1-3,8H,5-6H2;6-7,9H,1-5H2,(H,11,12). The maximum atomic E-state index is 10.7. The molecule has 3 aliphatic heterocycles. The number of hydrogen-bond donors (Lipinski definition) is 2. The molecule has 0 amide bonds. The number of piperidine rings is 1.